The van der Waals surface area contributed by atoms with Crippen molar-refractivity contribution in [3.63, 3.8) is 0 Å². The minimum absolute atomic E-state index is 0.0167. The van der Waals surface area contributed by atoms with Crippen LogP contribution in [0.5, 0.6) is 0 Å². The van der Waals surface area contributed by atoms with Gasteiger partial charge in [-0.05, 0) is 34.7 Å². The number of hydrogen-bond donors (Lipinski definition) is 1. The van der Waals surface area contributed by atoms with Crippen molar-refractivity contribution >= 4 is 11.9 Å². The van der Waals surface area contributed by atoms with E-state index in [1.165, 1.54) is 11.1 Å². The van der Waals surface area contributed by atoms with E-state index in [0.29, 0.717) is 12.8 Å². The lowest BCUT2D eigenvalue weighted by Crippen LogP contribution is -2.43. The maximum Gasteiger partial charge on any atom is 0.328 e. The van der Waals surface area contributed by atoms with Gasteiger partial charge in [-0.2, -0.15) is 0 Å². The van der Waals surface area contributed by atoms with Gasteiger partial charge in [0.25, 0.3) is 0 Å². The molecule has 0 saturated heterocycles. The summed E-state index contributed by atoms with van der Waals surface area (Å²) in [6.45, 7) is 2.05. The first-order valence-electron chi connectivity index (χ1n) is 10.4. The number of hydrogen-bond acceptors (Lipinski definition) is 3. The number of nitrogens with one attached hydrogen (secondary N) is 1. The molecule has 3 aromatic rings. The number of rotatable bonds is 7. The van der Waals surface area contributed by atoms with Crippen LogP contribution in [-0.4, -0.2) is 24.5 Å². The molecule has 0 aromatic heterocycles. The summed E-state index contributed by atoms with van der Waals surface area (Å²) in [5.74, 6) is -0.570. The van der Waals surface area contributed by atoms with Gasteiger partial charge in [-0.3, -0.25) is 4.79 Å². The first-order chi connectivity index (χ1) is 14.7. The van der Waals surface area contributed by atoms with E-state index in [9.17, 15) is 9.59 Å². The summed E-state index contributed by atoms with van der Waals surface area (Å²) in [5, 5.41) is 2.93. The lowest BCUT2D eigenvalue weighted by atomic mass is 9.93. The van der Waals surface area contributed by atoms with Crippen molar-refractivity contribution in [1.82, 2.24) is 5.32 Å². The second-order valence-corrected chi connectivity index (χ2v) is 7.49. The van der Waals surface area contributed by atoms with E-state index in [2.05, 4.69) is 29.6 Å². The Hall–Kier alpha value is -3.40. The topological polar surface area (TPSA) is 55.4 Å². The van der Waals surface area contributed by atoms with Crippen molar-refractivity contribution in [2.24, 2.45) is 0 Å². The molecule has 152 valence electrons. The van der Waals surface area contributed by atoms with Gasteiger partial charge >= 0.3 is 5.97 Å². The Morgan fingerprint density at radius 2 is 1.43 bits per heavy atom. The lowest BCUT2D eigenvalue weighted by Gasteiger charge is -2.19. The summed E-state index contributed by atoms with van der Waals surface area (Å²) in [7, 11) is 0. The highest BCUT2D eigenvalue weighted by Gasteiger charge is 2.31. The minimum Gasteiger partial charge on any atom is -0.464 e. The number of carbonyl (C=O) groups excluding carboxylic acids is 2. The van der Waals surface area contributed by atoms with E-state index in [-0.39, 0.29) is 18.4 Å². The van der Waals surface area contributed by atoms with Crippen molar-refractivity contribution in [3.05, 3.63) is 95.6 Å². The van der Waals surface area contributed by atoms with Crippen LogP contribution in [0.3, 0.4) is 0 Å². The van der Waals surface area contributed by atoms with E-state index < -0.39 is 12.0 Å². The van der Waals surface area contributed by atoms with Gasteiger partial charge in [-0.15, -0.1) is 0 Å². The second kappa shape index (κ2) is 8.95. The molecule has 4 heteroatoms. The summed E-state index contributed by atoms with van der Waals surface area (Å²) in [6, 6.07) is 25.4. The first kappa shape index (κ1) is 19.9. The predicted octanol–water partition coefficient (Wildman–Crippen LogP) is 4.48. The molecule has 1 atom stereocenters. The molecule has 0 unspecified atom stereocenters. The lowest BCUT2D eigenvalue weighted by molar-refractivity contribution is -0.147. The SMILES string of the molecule is CCOC(=O)[C@H](Cc1ccccc1)NC(=O)CC1c2ccccc2-c2ccccc21. The van der Waals surface area contributed by atoms with Crippen LogP contribution in [0.2, 0.25) is 0 Å². The fourth-order valence-electron chi connectivity index (χ4n) is 4.20. The zero-order valence-corrected chi connectivity index (χ0v) is 17.0. The maximum absolute atomic E-state index is 13.0. The van der Waals surface area contributed by atoms with Gasteiger partial charge in [-0.25, -0.2) is 4.79 Å². The Bertz CT molecular complexity index is 999. The van der Waals surface area contributed by atoms with Crippen LogP contribution >= 0.6 is 0 Å². The highest BCUT2D eigenvalue weighted by molar-refractivity contribution is 5.87. The summed E-state index contributed by atoms with van der Waals surface area (Å²) < 4.78 is 5.21. The van der Waals surface area contributed by atoms with Crippen molar-refractivity contribution in [3.8, 4) is 11.1 Å². The molecular formula is C26H25NO3. The molecule has 1 N–H and O–H groups in total. The smallest absolute Gasteiger partial charge is 0.328 e. The van der Waals surface area contributed by atoms with Gasteiger partial charge in [0.2, 0.25) is 5.91 Å². The van der Waals surface area contributed by atoms with E-state index in [0.717, 1.165) is 16.7 Å². The van der Waals surface area contributed by atoms with Crippen molar-refractivity contribution < 1.29 is 14.3 Å². The Balaban J connectivity index is 1.53. The highest BCUT2D eigenvalue weighted by atomic mass is 16.5. The van der Waals surface area contributed by atoms with Gasteiger partial charge in [-0.1, -0.05) is 78.9 Å². The fourth-order valence-corrected chi connectivity index (χ4v) is 4.20. The Morgan fingerprint density at radius 3 is 2.03 bits per heavy atom. The molecule has 4 nitrogen and oxygen atoms in total. The predicted molar refractivity (Wildman–Crippen MR) is 117 cm³/mol. The molecular weight excluding hydrogens is 374 g/mol. The van der Waals surface area contributed by atoms with Crippen LogP contribution in [-0.2, 0) is 20.7 Å². The third kappa shape index (κ3) is 4.13. The molecule has 3 aromatic carbocycles. The molecule has 0 heterocycles. The van der Waals surface area contributed by atoms with Crippen LogP contribution in [0, 0.1) is 0 Å². The molecule has 1 amide bonds. The van der Waals surface area contributed by atoms with E-state index in [1.807, 2.05) is 54.6 Å². The average Bonchev–Trinajstić information content (AvgIpc) is 3.08. The molecule has 0 fully saturated rings. The number of benzene rings is 3. The number of fused-ring (bicyclic) bond motifs is 3. The van der Waals surface area contributed by atoms with Gasteiger partial charge in [0.05, 0.1) is 6.61 Å². The molecule has 0 spiro atoms. The average molecular weight is 399 g/mol. The fraction of sp³-hybridized carbons (Fsp3) is 0.231. The first-order valence-corrected chi connectivity index (χ1v) is 10.4. The van der Waals surface area contributed by atoms with Gasteiger partial charge < -0.3 is 10.1 Å². The van der Waals surface area contributed by atoms with Crippen LogP contribution < -0.4 is 5.32 Å². The standard InChI is InChI=1S/C26H25NO3/c1-2-30-26(29)24(16-18-10-4-3-5-11-18)27-25(28)17-23-21-14-8-6-12-19(21)20-13-7-9-15-22(20)23/h3-15,23-24H,2,16-17H2,1H3,(H,27,28)/t24-/m0/s1. The summed E-state index contributed by atoms with van der Waals surface area (Å²) in [5.41, 5.74) is 5.65. The highest BCUT2D eigenvalue weighted by Crippen LogP contribution is 2.45. The quantitative estimate of drug-likeness (QED) is 0.596. The van der Waals surface area contributed by atoms with Gasteiger partial charge in [0.15, 0.2) is 0 Å². The summed E-state index contributed by atoms with van der Waals surface area (Å²) in [6.07, 6.45) is 0.696. The van der Waals surface area contributed by atoms with E-state index in [1.54, 1.807) is 6.92 Å². The molecule has 1 aliphatic rings. The molecule has 0 saturated carbocycles. The monoisotopic (exact) mass is 399 g/mol. The normalized spacial score (nSPS) is 13.2. The Labute approximate surface area is 176 Å². The second-order valence-electron chi connectivity index (χ2n) is 7.49. The van der Waals surface area contributed by atoms with Crippen LogP contribution in [0.15, 0.2) is 78.9 Å². The van der Waals surface area contributed by atoms with Crippen molar-refractivity contribution in [2.45, 2.75) is 31.7 Å². The molecule has 1 aliphatic carbocycles. The summed E-state index contributed by atoms with van der Waals surface area (Å²) in [4.78, 5) is 25.5. The Kier molecular flexibility index (Phi) is 5.94. The molecule has 0 radical (unpaired) electrons. The third-order valence-electron chi connectivity index (χ3n) is 5.54. The van der Waals surface area contributed by atoms with E-state index in [4.69, 9.17) is 4.74 Å². The number of ether oxygens (including phenoxy) is 1. The molecule has 4 rings (SSSR count). The Morgan fingerprint density at radius 1 is 0.867 bits per heavy atom. The maximum atomic E-state index is 13.0. The van der Waals surface area contributed by atoms with Crippen LogP contribution in [0.25, 0.3) is 11.1 Å². The number of amides is 1. The zero-order chi connectivity index (χ0) is 20.9. The van der Waals surface area contributed by atoms with Crippen LogP contribution in [0.4, 0.5) is 0 Å². The molecule has 30 heavy (non-hydrogen) atoms. The van der Waals surface area contributed by atoms with Gasteiger partial charge in [0.1, 0.15) is 6.04 Å². The van der Waals surface area contributed by atoms with Crippen molar-refractivity contribution in [1.29, 1.82) is 0 Å². The van der Waals surface area contributed by atoms with Crippen LogP contribution in [0.1, 0.15) is 36.0 Å². The van der Waals surface area contributed by atoms with Crippen molar-refractivity contribution in [2.75, 3.05) is 6.61 Å². The number of carbonyl (C=O) groups is 2. The zero-order valence-electron chi connectivity index (χ0n) is 17.0. The third-order valence-corrected chi connectivity index (χ3v) is 5.54. The molecule has 0 bridgehead atoms. The summed E-state index contributed by atoms with van der Waals surface area (Å²) >= 11 is 0. The number of esters is 1. The van der Waals surface area contributed by atoms with Gasteiger partial charge in [0, 0.05) is 18.8 Å². The molecule has 0 aliphatic heterocycles. The minimum atomic E-state index is -0.702. The van der Waals surface area contributed by atoms with E-state index >= 15 is 0 Å². The largest absolute Gasteiger partial charge is 0.464 e.